The first kappa shape index (κ1) is 15.2. The van der Waals surface area contributed by atoms with Crippen molar-refractivity contribution >= 4 is 0 Å². The molecule has 21 heavy (non-hydrogen) atoms. The number of hydrogen-bond acceptors (Lipinski definition) is 1. The Morgan fingerprint density at radius 2 is 1.33 bits per heavy atom. The number of rotatable bonds is 3. The summed E-state index contributed by atoms with van der Waals surface area (Å²) in [5, 5.41) is 0. The summed E-state index contributed by atoms with van der Waals surface area (Å²) >= 11 is 0. The van der Waals surface area contributed by atoms with Crippen molar-refractivity contribution in [2.75, 3.05) is 6.61 Å². The highest BCUT2D eigenvalue weighted by Gasteiger charge is 2.29. The van der Waals surface area contributed by atoms with Crippen molar-refractivity contribution in [3.63, 3.8) is 0 Å². The molecule has 112 valence electrons. The van der Waals surface area contributed by atoms with E-state index in [1.165, 1.54) is 12.1 Å². The minimum atomic E-state index is -4.70. The van der Waals surface area contributed by atoms with E-state index in [-0.39, 0.29) is 5.56 Å². The Morgan fingerprint density at radius 1 is 0.810 bits per heavy atom. The molecule has 0 saturated heterocycles. The van der Waals surface area contributed by atoms with E-state index in [1.54, 1.807) is 0 Å². The fourth-order valence-electron chi connectivity index (χ4n) is 1.66. The van der Waals surface area contributed by atoms with Gasteiger partial charge in [0.15, 0.2) is 24.0 Å². The fraction of sp³-hybridized carbons (Fsp3) is 0.143. The van der Waals surface area contributed by atoms with Crippen molar-refractivity contribution in [1.29, 1.82) is 0 Å². The van der Waals surface area contributed by atoms with Gasteiger partial charge in [0.1, 0.15) is 5.82 Å². The van der Waals surface area contributed by atoms with Crippen LogP contribution >= 0.6 is 0 Å². The Morgan fingerprint density at radius 3 is 1.81 bits per heavy atom. The Hall–Kier alpha value is -2.18. The third-order valence-corrected chi connectivity index (χ3v) is 2.56. The molecule has 7 heteroatoms. The molecule has 0 spiro atoms. The van der Waals surface area contributed by atoms with Crippen LogP contribution in [0.3, 0.4) is 0 Å². The van der Waals surface area contributed by atoms with Crippen LogP contribution in [-0.2, 0) is 0 Å². The van der Waals surface area contributed by atoms with Gasteiger partial charge in [0.25, 0.3) is 0 Å². The van der Waals surface area contributed by atoms with Gasteiger partial charge >= 0.3 is 6.18 Å². The third-order valence-electron chi connectivity index (χ3n) is 2.56. The lowest BCUT2D eigenvalue weighted by molar-refractivity contribution is -0.154. The van der Waals surface area contributed by atoms with E-state index in [0.29, 0.717) is 5.56 Å². The van der Waals surface area contributed by atoms with E-state index in [2.05, 4.69) is 4.74 Å². The van der Waals surface area contributed by atoms with Gasteiger partial charge in [0.05, 0.1) is 0 Å². The molecule has 0 fully saturated rings. The van der Waals surface area contributed by atoms with Crippen molar-refractivity contribution in [1.82, 2.24) is 0 Å². The molecular formula is C14H8F6O. The molecule has 0 N–H and O–H groups in total. The smallest absolute Gasteiger partial charge is 0.422 e. The fourth-order valence-corrected chi connectivity index (χ4v) is 1.66. The third kappa shape index (κ3) is 3.90. The summed E-state index contributed by atoms with van der Waals surface area (Å²) in [6, 6.07) is 6.42. The second-order valence-electron chi connectivity index (χ2n) is 4.18. The lowest BCUT2D eigenvalue weighted by atomic mass is 10.1. The van der Waals surface area contributed by atoms with Gasteiger partial charge in [0.2, 0.25) is 0 Å². The summed E-state index contributed by atoms with van der Waals surface area (Å²) in [5.74, 6) is -4.15. The predicted octanol–water partition coefficient (Wildman–Crippen LogP) is 4.71. The van der Waals surface area contributed by atoms with Gasteiger partial charge in [-0.2, -0.15) is 13.2 Å². The summed E-state index contributed by atoms with van der Waals surface area (Å²) in [7, 11) is 0. The maximum Gasteiger partial charge on any atom is 0.422 e. The van der Waals surface area contributed by atoms with Gasteiger partial charge in [0, 0.05) is 0 Å². The van der Waals surface area contributed by atoms with E-state index < -0.39 is 36.0 Å². The highest BCUT2D eigenvalue weighted by molar-refractivity contribution is 5.64. The maximum atomic E-state index is 13.6. The number of hydrogen-bond donors (Lipinski definition) is 0. The summed E-state index contributed by atoms with van der Waals surface area (Å²) < 4.78 is 80.1. The predicted molar refractivity (Wildman–Crippen MR) is 63.3 cm³/mol. The van der Waals surface area contributed by atoms with Gasteiger partial charge in [-0.3, -0.25) is 0 Å². The SMILES string of the molecule is Fc1ccc(-c2cc(F)c(OCC(F)(F)F)c(F)c2)cc1. The molecule has 1 nitrogen and oxygen atoms in total. The van der Waals surface area contributed by atoms with Crippen LogP contribution in [0.2, 0.25) is 0 Å². The normalized spacial score (nSPS) is 11.5. The number of alkyl halides is 3. The molecule has 0 unspecified atom stereocenters. The average molecular weight is 306 g/mol. The van der Waals surface area contributed by atoms with Crippen molar-refractivity contribution in [3.8, 4) is 16.9 Å². The minimum Gasteiger partial charge on any atom is -0.478 e. The average Bonchev–Trinajstić information content (AvgIpc) is 2.37. The van der Waals surface area contributed by atoms with E-state index in [9.17, 15) is 26.3 Å². The summed E-state index contributed by atoms with van der Waals surface area (Å²) in [6.45, 7) is -1.79. The standard InChI is InChI=1S/C14H8F6O/c15-10-3-1-8(2-4-10)9-5-11(16)13(12(17)6-9)21-7-14(18,19)20/h1-6H,7H2. The molecule has 0 aromatic heterocycles. The van der Waals surface area contributed by atoms with Gasteiger partial charge < -0.3 is 4.74 Å². The molecule has 0 saturated carbocycles. The monoisotopic (exact) mass is 306 g/mol. The van der Waals surface area contributed by atoms with E-state index in [4.69, 9.17) is 0 Å². The molecule has 0 aliphatic heterocycles. The first-order valence-corrected chi connectivity index (χ1v) is 5.71. The largest absolute Gasteiger partial charge is 0.478 e. The zero-order valence-electron chi connectivity index (χ0n) is 10.3. The van der Waals surface area contributed by atoms with Gasteiger partial charge in [-0.05, 0) is 35.4 Å². The molecular weight excluding hydrogens is 298 g/mol. The quantitative estimate of drug-likeness (QED) is 0.746. The molecule has 0 aliphatic carbocycles. The molecule has 2 aromatic rings. The van der Waals surface area contributed by atoms with Crippen molar-refractivity contribution in [3.05, 3.63) is 53.8 Å². The Bertz CT molecular complexity index is 610. The zero-order valence-corrected chi connectivity index (χ0v) is 10.3. The van der Waals surface area contributed by atoms with Crippen molar-refractivity contribution in [2.45, 2.75) is 6.18 Å². The molecule has 0 amide bonds. The topological polar surface area (TPSA) is 9.23 Å². The lowest BCUT2D eigenvalue weighted by Gasteiger charge is -2.12. The Kier molecular flexibility index (Phi) is 4.11. The molecule has 0 atom stereocenters. The zero-order chi connectivity index (χ0) is 15.6. The Labute approximate surface area is 115 Å². The van der Waals surface area contributed by atoms with E-state index in [0.717, 1.165) is 24.3 Å². The summed E-state index contributed by atoms with van der Waals surface area (Å²) in [6.07, 6.45) is -4.70. The molecule has 0 aliphatic rings. The summed E-state index contributed by atoms with van der Waals surface area (Å²) in [4.78, 5) is 0. The first-order valence-electron chi connectivity index (χ1n) is 5.71. The second-order valence-corrected chi connectivity index (χ2v) is 4.18. The van der Waals surface area contributed by atoms with Crippen LogP contribution in [0.1, 0.15) is 0 Å². The first-order chi connectivity index (χ1) is 9.76. The second kappa shape index (κ2) is 5.67. The Balaban J connectivity index is 2.30. The van der Waals surface area contributed by atoms with Crippen LogP contribution in [0.4, 0.5) is 26.3 Å². The molecule has 2 aromatic carbocycles. The van der Waals surface area contributed by atoms with Gasteiger partial charge in [-0.1, -0.05) is 12.1 Å². The number of ether oxygens (including phenoxy) is 1. The highest BCUT2D eigenvalue weighted by Crippen LogP contribution is 2.30. The lowest BCUT2D eigenvalue weighted by Crippen LogP contribution is -2.20. The van der Waals surface area contributed by atoms with Gasteiger partial charge in [-0.15, -0.1) is 0 Å². The maximum absolute atomic E-state index is 13.6. The minimum absolute atomic E-state index is 0.0596. The molecule has 2 rings (SSSR count). The molecule has 0 bridgehead atoms. The van der Waals surface area contributed by atoms with Crippen LogP contribution in [-0.4, -0.2) is 12.8 Å². The van der Waals surface area contributed by atoms with Crippen LogP contribution in [0.25, 0.3) is 11.1 Å². The van der Waals surface area contributed by atoms with Crippen LogP contribution in [0.5, 0.6) is 5.75 Å². The summed E-state index contributed by atoms with van der Waals surface area (Å²) in [5.41, 5.74) is 0.376. The number of benzene rings is 2. The molecule has 0 heterocycles. The van der Waals surface area contributed by atoms with Gasteiger partial charge in [-0.25, -0.2) is 13.2 Å². The van der Waals surface area contributed by atoms with Crippen LogP contribution in [0, 0.1) is 17.5 Å². The van der Waals surface area contributed by atoms with Crippen molar-refractivity contribution < 1.29 is 31.1 Å². The van der Waals surface area contributed by atoms with E-state index >= 15 is 0 Å². The van der Waals surface area contributed by atoms with Crippen LogP contribution < -0.4 is 4.74 Å². The molecule has 0 radical (unpaired) electrons. The highest BCUT2D eigenvalue weighted by atomic mass is 19.4. The van der Waals surface area contributed by atoms with Crippen LogP contribution in [0.15, 0.2) is 36.4 Å². The van der Waals surface area contributed by atoms with Crippen molar-refractivity contribution in [2.24, 2.45) is 0 Å². The van der Waals surface area contributed by atoms with E-state index in [1.807, 2.05) is 0 Å². The number of halogens is 6.